The fourth-order valence-electron chi connectivity index (χ4n) is 2.69. The van der Waals surface area contributed by atoms with E-state index in [-0.39, 0.29) is 17.3 Å². The van der Waals surface area contributed by atoms with Crippen LogP contribution in [0.1, 0.15) is 38.7 Å². The smallest absolute Gasteiger partial charge is 0.252 e. The number of nitrogens with zero attached hydrogens (tertiary/aromatic N) is 6. The largest absolute Gasteiger partial charge is 0.368 e. The molecule has 0 fully saturated rings. The van der Waals surface area contributed by atoms with Gasteiger partial charge in [-0.1, -0.05) is 0 Å². The molecule has 2 aromatic heterocycles. The number of allylic oxidation sites excluding steroid dienone is 1. The SMILES string of the molecule is CC1=NN(c2nc(N)nc(/C(C#N)=C\c3ccc[nH]3)n2)C(C)(C)C1. The monoisotopic (exact) mass is 322 g/mol. The lowest BCUT2D eigenvalue weighted by molar-refractivity contribution is 0.505. The maximum absolute atomic E-state index is 9.46. The van der Waals surface area contributed by atoms with Crippen LogP contribution in [0.15, 0.2) is 23.4 Å². The summed E-state index contributed by atoms with van der Waals surface area (Å²) in [7, 11) is 0. The van der Waals surface area contributed by atoms with Crippen molar-refractivity contribution in [1.29, 1.82) is 5.26 Å². The summed E-state index contributed by atoms with van der Waals surface area (Å²) >= 11 is 0. The minimum absolute atomic E-state index is 0.0539. The summed E-state index contributed by atoms with van der Waals surface area (Å²) < 4.78 is 0. The van der Waals surface area contributed by atoms with Crippen molar-refractivity contribution >= 4 is 29.3 Å². The van der Waals surface area contributed by atoms with E-state index in [1.165, 1.54) is 0 Å². The Hall–Kier alpha value is -3.21. The number of H-pyrrole nitrogens is 1. The number of hydrazone groups is 1. The predicted molar refractivity (Wildman–Crippen MR) is 92.8 cm³/mol. The average Bonchev–Trinajstić information content (AvgIpc) is 3.10. The van der Waals surface area contributed by atoms with E-state index >= 15 is 0 Å². The van der Waals surface area contributed by atoms with Crippen LogP contribution >= 0.6 is 0 Å². The molecule has 0 bridgehead atoms. The van der Waals surface area contributed by atoms with Crippen molar-refractivity contribution in [2.45, 2.75) is 32.7 Å². The van der Waals surface area contributed by atoms with Gasteiger partial charge in [0.15, 0.2) is 5.82 Å². The number of nitriles is 1. The Morgan fingerprint density at radius 1 is 1.42 bits per heavy atom. The number of aromatic amines is 1. The molecule has 0 amide bonds. The van der Waals surface area contributed by atoms with Crippen LogP contribution in [0.4, 0.5) is 11.9 Å². The summed E-state index contributed by atoms with van der Waals surface area (Å²) in [4.78, 5) is 15.7. The van der Waals surface area contributed by atoms with E-state index in [4.69, 9.17) is 5.73 Å². The highest BCUT2D eigenvalue weighted by Crippen LogP contribution is 2.31. The quantitative estimate of drug-likeness (QED) is 0.836. The molecule has 0 saturated heterocycles. The zero-order valence-electron chi connectivity index (χ0n) is 13.8. The lowest BCUT2D eigenvalue weighted by Gasteiger charge is -2.28. The number of nitrogen functional groups attached to an aromatic ring is 1. The fraction of sp³-hybridized carbons (Fsp3) is 0.312. The molecule has 0 radical (unpaired) electrons. The van der Waals surface area contributed by atoms with Gasteiger partial charge in [0.1, 0.15) is 6.07 Å². The van der Waals surface area contributed by atoms with Gasteiger partial charge in [0.25, 0.3) is 5.95 Å². The maximum atomic E-state index is 9.46. The average molecular weight is 322 g/mol. The van der Waals surface area contributed by atoms with E-state index in [0.29, 0.717) is 11.5 Å². The van der Waals surface area contributed by atoms with Crippen molar-refractivity contribution in [3.8, 4) is 6.07 Å². The molecule has 122 valence electrons. The van der Waals surface area contributed by atoms with Gasteiger partial charge in [0.2, 0.25) is 5.95 Å². The molecular formula is C16H18N8. The second-order valence-corrected chi connectivity index (χ2v) is 6.25. The first-order valence-corrected chi connectivity index (χ1v) is 7.50. The molecule has 3 rings (SSSR count). The number of rotatable bonds is 3. The Labute approximate surface area is 139 Å². The first-order valence-electron chi connectivity index (χ1n) is 7.50. The van der Waals surface area contributed by atoms with Crippen molar-refractivity contribution in [3.63, 3.8) is 0 Å². The highest BCUT2D eigenvalue weighted by atomic mass is 15.6. The minimum Gasteiger partial charge on any atom is -0.368 e. The van der Waals surface area contributed by atoms with E-state index in [9.17, 15) is 5.26 Å². The Morgan fingerprint density at radius 3 is 2.79 bits per heavy atom. The van der Waals surface area contributed by atoms with Crippen LogP contribution in [0.3, 0.4) is 0 Å². The number of nitrogens with two attached hydrogens (primary N) is 1. The molecule has 0 spiro atoms. The molecule has 3 N–H and O–H groups in total. The predicted octanol–water partition coefficient (Wildman–Crippen LogP) is 2.21. The van der Waals surface area contributed by atoms with Crippen molar-refractivity contribution < 1.29 is 0 Å². The molecule has 0 aromatic carbocycles. The third kappa shape index (κ3) is 2.96. The van der Waals surface area contributed by atoms with Crippen molar-refractivity contribution in [3.05, 3.63) is 29.8 Å². The molecular weight excluding hydrogens is 304 g/mol. The zero-order valence-corrected chi connectivity index (χ0v) is 13.8. The Kier molecular flexibility index (Phi) is 3.77. The molecule has 0 saturated carbocycles. The molecule has 8 heteroatoms. The number of nitrogens with one attached hydrogen (secondary N) is 1. The number of hydrogen-bond donors (Lipinski definition) is 2. The highest BCUT2D eigenvalue weighted by molar-refractivity contribution is 5.88. The highest BCUT2D eigenvalue weighted by Gasteiger charge is 2.35. The summed E-state index contributed by atoms with van der Waals surface area (Å²) in [5.41, 5.74) is 7.64. The van der Waals surface area contributed by atoms with E-state index in [1.54, 1.807) is 17.3 Å². The molecule has 1 aliphatic rings. The first-order chi connectivity index (χ1) is 11.4. The summed E-state index contributed by atoms with van der Waals surface area (Å²) in [5.74, 6) is 0.621. The molecule has 3 heterocycles. The van der Waals surface area contributed by atoms with Crippen LogP contribution in [-0.2, 0) is 0 Å². The number of hydrogen-bond acceptors (Lipinski definition) is 7. The molecule has 0 aliphatic carbocycles. The van der Waals surface area contributed by atoms with Crippen molar-refractivity contribution in [2.24, 2.45) is 5.10 Å². The molecule has 24 heavy (non-hydrogen) atoms. The Balaban J connectivity index is 2.05. The summed E-state index contributed by atoms with van der Waals surface area (Å²) in [6.45, 7) is 6.05. The minimum atomic E-state index is -0.259. The van der Waals surface area contributed by atoms with E-state index in [0.717, 1.165) is 17.8 Å². The topological polar surface area (TPSA) is 120 Å². The summed E-state index contributed by atoms with van der Waals surface area (Å²) in [6.07, 6.45) is 4.25. The number of aromatic nitrogens is 4. The summed E-state index contributed by atoms with van der Waals surface area (Å²) in [5, 5.41) is 15.7. The molecule has 8 nitrogen and oxygen atoms in total. The van der Waals surface area contributed by atoms with Crippen LogP contribution < -0.4 is 10.7 Å². The lowest BCUT2D eigenvalue weighted by Crippen LogP contribution is -2.37. The third-order valence-electron chi connectivity index (χ3n) is 3.65. The fourth-order valence-corrected chi connectivity index (χ4v) is 2.69. The van der Waals surface area contributed by atoms with Gasteiger partial charge in [-0.3, -0.25) is 0 Å². The van der Waals surface area contributed by atoms with Gasteiger partial charge in [0.05, 0.1) is 11.1 Å². The van der Waals surface area contributed by atoms with Crippen LogP contribution in [0.25, 0.3) is 11.6 Å². The first kappa shape index (κ1) is 15.7. The van der Waals surface area contributed by atoms with Gasteiger partial charge in [-0.15, -0.1) is 0 Å². The van der Waals surface area contributed by atoms with Gasteiger partial charge in [-0.05, 0) is 39.0 Å². The molecule has 0 unspecified atom stereocenters. The molecule has 0 atom stereocenters. The second-order valence-electron chi connectivity index (χ2n) is 6.25. The van der Waals surface area contributed by atoms with Gasteiger partial charge >= 0.3 is 0 Å². The maximum Gasteiger partial charge on any atom is 0.252 e. The van der Waals surface area contributed by atoms with E-state index in [1.807, 2.05) is 32.9 Å². The Morgan fingerprint density at radius 2 is 2.21 bits per heavy atom. The molecule has 2 aromatic rings. The lowest BCUT2D eigenvalue weighted by atomic mass is 9.99. The van der Waals surface area contributed by atoms with Crippen LogP contribution in [0, 0.1) is 11.3 Å². The van der Waals surface area contributed by atoms with Gasteiger partial charge in [-0.25, -0.2) is 5.01 Å². The van der Waals surface area contributed by atoms with Gasteiger partial charge in [-0.2, -0.15) is 25.3 Å². The van der Waals surface area contributed by atoms with Crippen LogP contribution in [-0.4, -0.2) is 31.2 Å². The third-order valence-corrected chi connectivity index (χ3v) is 3.65. The van der Waals surface area contributed by atoms with Crippen molar-refractivity contribution in [2.75, 3.05) is 10.7 Å². The van der Waals surface area contributed by atoms with Crippen LogP contribution in [0.5, 0.6) is 0 Å². The number of anilines is 2. The van der Waals surface area contributed by atoms with Gasteiger partial charge in [0, 0.05) is 24.0 Å². The van der Waals surface area contributed by atoms with Gasteiger partial charge < -0.3 is 10.7 Å². The molecule has 1 aliphatic heterocycles. The standard InChI is InChI=1S/C16H18N8/c1-10-8-16(2,3)24(23-10)15-21-13(20-14(18)22-15)11(9-17)7-12-5-4-6-19-12/h4-7,19H,8H2,1-3H3,(H2,18,20,21,22)/b11-7-. The zero-order chi connectivity index (χ0) is 17.3. The normalized spacial score (nSPS) is 16.8. The summed E-state index contributed by atoms with van der Waals surface area (Å²) in [6, 6.07) is 5.80. The second kappa shape index (κ2) is 5.77. The van der Waals surface area contributed by atoms with E-state index < -0.39 is 0 Å². The van der Waals surface area contributed by atoms with Crippen molar-refractivity contribution in [1.82, 2.24) is 19.9 Å². The Bertz CT molecular complexity index is 855. The van der Waals surface area contributed by atoms with Crippen LogP contribution in [0.2, 0.25) is 0 Å². The van der Waals surface area contributed by atoms with E-state index in [2.05, 4.69) is 31.1 Å².